The molecule has 7 heteroatoms. The predicted octanol–water partition coefficient (Wildman–Crippen LogP) is -0.0140. The Morgan fingerprint density at radius 1 is 0.588 bits per heavy atom. The topological polar surface area (TPSA) is 36.1 Å². The van der Waals surface area contributed by atoms with Gasteiger partial charge in [0.15, 0.2) is 0 Å². The van der Waals surface area contributed by atoms with E-state index in [2.05, 4.69) is 63.9 Å². The molecule has 0 aromatic heterocycles. The lowest BCUT2D eigenvalue weighted by atomic mass is 9.85. The summed E-state index contributed by atoms with van der Waals surface area (Å²) in [4.78, 5) is 0. The Morgan fingerprint density at radius 3 is 1.12 bits per heavy atom. The molecule has 0 saturated carbocycles. The molecule has 0 bridgehead atoms. The lowest BCUT2D eigenvalue weighted by Gasteiger charge is -2.08. The highest BCUT2D eigenvalue weighted by molar-refractivity contribution is 8.93. The fourth-order valence-corrected chi connectivity index (χ4v) is 1.59. The molecule has 1 aliphatic heterocycles. The van der Waals surface area contributed by atoms with Gasteiger partial charge in [0, 0.05) is 0 Å². The minimum Gasteiger partial charge on any atom is -0.378 e. The number of rotatable bonds is 0. The van der Waals surface area contributed by atoms with Crippen molar-refractivity contribution in [3.8, 4) is 0 Å². The van der Waals surface area contributed by atoms with Crippen molar-refractivity contribution < 1.29 is 0 Å². The Hall–Kier alpha value is -0.745. The van der Waals surface area contributed by atoms with Crippen LogP contribution in [0, 0.1) is 0 Å². The number of benzene rings is 2. The maximum atomic E-state index is 3.06. The van der Waals surface area contributed by atoms with Crippen LogP contribution in [0.3, 0.4) is 0 Å². The summed E-state index contributed by atoms with van der Waals surface area (Å²) >= 11 is 0. The van der Waals surface area contributed by atoms with Crippen LogP contribution in [0.1, 0.15) is 0 Å². The number of nitrogens with one attached hydrogen (secondary N) is 3. The zero-order valence-corrected chi connectivity index (χ0v) is 11.4. The molecule has 0 amide bonds. The normalized spacial score (nSPS) is 12.9. The van der Waals surface area contributed by atoms with Crippen molar-refractivity contribution in [1.82, 2.24) is 15.4 Å². The fourth-order valence-electron chi connectivity index (χ4n) is 1.59. The SMILES string of the molecule is B1NBNBN1.Br.c1ccc2ccccc2c1. The second kappa shape index (κ2) is 8.36. The van der Waals surface area contributed by atoms with Crippen molar-refractivity contribution in [3.05, 3.63) is 48.5 Å². The lowest BCUT2D eigenvalue weighted by Crippen LogP contribution is -2.55. The minimum atomic E-state index is 0. The first kappa shape index (κ1) is 14.3. The molecule has 1 fully saturated rings. The lowest BCUT2D eigenvalue weighted by molar-refractivity contribution is 1.28. The van der Waals surface area contributed by atoms with E-state index < -0.39 is 0 Å². The zero-order chi connectivity index (χ0) is 11.1. The molecule has 1 heterocycles. The van der Waals surface area contributed by atoms with Gasteiger partial charge in [-0.05, 0) is 10.8 Å². The average Bonchev–Trinajstić information content (AvgIpc) is 2.42. The number of halogens is 1. The molecule has 3 N–H and O–H groups in total. The number of fused-ring (bicyclic) bond motifs is 1. The first-order chi connectivity index (χ1) is 7.97. The summed E-state index contributed by atoms with van der Waals surface area (Å²) in [5.74, 6) is 0. The van der Waals surface area contributed by atoms with Crippen LogP contribution in [-0.2, 0) is 0 Å². The standard InChI is InChI=1S/C10H8.B3H6N3.BrH/c1-2-6-10-8-4-3-7-9(10)5-1;1-4-2-6-3-5-1;/h1-8H;1-6H;1H. The van der Waals surface area contributed by atoms with Gasteiger partial charge in [-0.15, -0.1) is 17.0 Å². The molecule has 0 spiro atoms. The molecule has 17 heavy (non-hydrogen) atoms. The van der Waals surface area contributed by atoms with Crippen LogP contribution in [0.5, 0.6) is 0 Å². The van der Waals surface area contributed by atoms with Crippen LogP contribution in [0.2, 0.25) is 0 Å². The van der Waals surface area contributed by atoms with Gasteiger partial charge in [0.2, 0.25) is 0 Å². The minimum absolute atomic E-state index is 0. The third-order valence-electron chi connectivity index (χ3n) is 2.41. The Bertz CT molecular complexity index is 363. The molecule has 3 rings (SSSR count). The molecule has 86 valence electrons. The van der Waals surface area contributed by atoms with Crippen molar-refractivity contribution in [2.24, 2.45) is 0 Å². The van der Waals surface area contributed by atoms with Crippen molar-refractivity contribution in [2.75, 3.05) is 0 Å². The van der Waals surface area contributed by atoms with Crippen molar-refractivity contribution in [2.45, 2.75) is 0 Å². The zero-order valence-electron chi connectivity index (χ0n) is 9.65. The molecule has 1 saturated heterocycles. The van der Waals surface area contributed by atoms with Crippen molar-refractivity contribution in [3.63, 3.8) is 0 Å². The van der Waals surface area contributed by atoms with Crippen LogP contribution in [-0.4, -0.2) is 22.6 Å². The predicted molar refractivity (Wildman–Crippen MR) is 85.1 cm³/mol. The quantitative estimate of drug-likeness (QED) is 0.597. The van der Waals surface area contributed by atoms with E-state index in [1.807, 2.05) is 0 Å². The summed E-state index contributed by atoms with van der Waals surface area (Å²) in [6.45, 7) is 0. The van der Waals surface area contributed by atoms with Crippen LogP contribution >= 0.6 is 17.0 Å². The Kier molecular flexibility index (Phi) is 7.04. The first-order valence-corrected chi connectivity index (χ1v) is 5.53. The molecular weight excluding hydrogens is 274 g/mol. The highest BCUT2D eigenvalue weighted by Crippen LogP contribution is 2.11. The van der Waals surface area contributed by atoms with Gasteiger partial charge in [0.05, 0.1) is 0 Å². The van der Waals surface area contributed by atoms with Gasteiger partial charge < -0.3 is 15.4 Å². The second-order valence-electron chi connectivity index (χ2n) is 3.63. The van der Waals surface area contributed by atoms with E-state index in [1.165, 1.54) is 10.8 Å². The molecule has 2 aromatic rings. The third-order valence-corrected chi connectivity index (χ3v) is 2.41. The second-order valence-corrected chi connectivity index (χ2v) is 3.63. The van der Waals surface area contributed by atoms with Gasteiger partial charge in [-0.25, -0.2) is 0 Å². The largest absolute Gasteiger partial charge is 0.378 e. The van der Waals surface area contributed by atoms with Gasteiger partial charge in [0.1, 0.15) is 0 Å². The molecular formula is C10H15B3BrN3. The highest BCUT2D eigenvalue weighted by atomic mass is 79.9. The van der Waals surface area contributed by atoms with E-state index in [0.717, 1.165) is 22.6 Å². The van der Waals surface area contributed by atoms with E-state index in [9.17, 15) is 0 Å². The van der Waals surface area contributed by atoms with E-state index in [1.54, 1.807) is 0 Å². The molecule has 1 aliphatic rings. The van der Waals surface area contributed by atoms with E-state index in [-0.39, 0.29) is 17.0 Å². The van der Waals surface area contributed by atoms with E-state index >= 15 is 0 Å². The molecule has 3 nitrogen and oxygen atoms in total. The highest BCUT2D eigenvalue weighted by Gasteiger charge is 1.97. The summed E-state index contributed by atoms with van der Waals surface area (Å²) < 4.78 is 0. The Labute approximate surface area is 114 Å². The van der Waals surface area contributed by atoms with Crippen LogP contribution in [0.25, 0.3) is 10.8 Å². The van der Waals surface area contributed by atoms with Crippen molar-refractivity contribution >= 4 is 50.4 Å². The van der Waals surface area contributed by atoms with Gasteiger partial charge in [-0.2, -0.15) is 0 Å². The van der Waals surface area contributed by atoms with Gasteiger partial charge >= 0.3 is 0 Å². The van der Waals surface area contributed by atoms with Crippen LogP contribution in [0.15, 0.2) is 48.5 Å². The van der Waals surface area contributed by atoms with Gasteiger partial charge in [-0.3, -0.25) is 0 Å². The van der Waals surface area contributed by atoms with Gasteiger partial charge in [0.25, 0.3) is 22.6 Å². The molecule has 0 radical (unpaired) electrons. The smallest absolute Gasteiger partial charge is 0.265 e. The maximum Gasteiger partial charge on any atom is 0.265 e. The summed E-state index contributed by atoms with van der Waals surface area (Å²) in [6.07, 6.45) is 0. The third kappa shape index (κ3) is 4.96. The molecule has 0 aliphatic carbocycles. The Morgan fingerprint density at radius 2 is 0.882 bits per heavy atom. The molecule has 0 unspecified atom stereocenters. The van der Waals surface area contributed by atoms with Crippen LogP contribution in [0.4, 0.5) is 0 Å². The van der Waals surface area contributed by atoms with Gasteiger partial charge in [-0.1, -0.05) is 48.5 Å². The van der Waals surface area contributed by atoms with Crippen molar-refractivity contribution in [1.29, 1.82) is 0 Å². The number of hydrogen-bond acceptors (Lipinski definition) is 3. The monoisotopic (exact) mass is 289 g/mol. The number of hydrogen-bond donors (Lipinski definition) is 3. The summed E-state index contributed by atoms with van der Waals surface area (Å²) in [7, 11) is 2.81. The average molecular weight is 290 g/mol. The fraction of sp³-hybridized carbons (Fsp3) is 0. The van der Waals surface area contributed by atoms with Crippen LogP contribution < -0.4 is 15.4 Å². The molecule has 2 aromatic carbocycles. The molecule has 0 atom stereocenters. The van der Waals surface area contributed by atoms with E-state index in [0.29, 0.717) is 0 Å². The first-order valence-electron chi connectivity index (χ1n) is 5.53. The Balaban J connectivity index is 0.000000180. The summed E-state index contributed by atoms with van der Waals surface area (Å²) in [6, 6.07) is 16.7. The summed E-state index contributed by atoms with van der Waals surface area (Å²) in [5, 5.41) is 11.8. The maximum absolute atomic E-state index is 3.06. The van der Waals surface area contributed by atoms with E-state index in [4.69, 9.17) is 0 Å². The summed E-state index contributed by atoms with van der Waals surface area (Å²) in [5.41, 5.74) is 0.